The fourth-order valence-electron chi connectivity index (χ4n) is 1.63. The van der Waals surface area contributed by atoms with E-state index in [1.165, 1.54) is 6.07 Å². The first-order valence-corrected chi connectivity index (χ1v) is 5.81. The minimum absolute atomic E-state index is 0.153. The summed E-state index contributed by atoms with van der Waals surface area (Å²) in [5, 5.41) is 11.8. The highest BCUT2D eigenvalue weighted by Crippen LogP contribution is 2.13. The van der Waals surface area contributed by atoms with Gasteiger partial charge in [-0.3, -0.25) is 9.69 Å². The van der Waals surface area contributed by atoms with Gasteiger partial charge in [0.05, 0.1) is 12.6 Å². The number of nitrogens with one attached hydrogen (secondary N) is 1. The minimum atomic E-state index is -0.486. The van der Waals surface area contributed by atoms with Crippen molar-refractivity contribution < 1.29 is 14.3 Å². The van der Waals surface area contributed by atoms with Gasteiger partial charge in [0.15, 0.2) is 0 Å². The van der Waals surface area contributed by atoms with Gasteiger partial charge >= 0.3 is 0 Å². The van der Waals surface area contributed by atoms with Gasteiger partial charge in [-0.15, -0.1) is 0 Å². The number of carbonyl (C=O) groups is 1. The monoisotopic (exact) mass is 254 g/mol. The summed E-state index contributed by atoms with van der Waals surface area (Å²) >= 11 is 0. The molecule has 0 saturated heterocycles. The number of aryl methyl sites for hydroxylation is 1. The maximum atomic E-state index is 13.3. The Balaban J connectivity index is 2.51. The van der Waals surface area contributed by atoms with Crippen LogP contribution in [0.5, 0.6) is 0 Å². The van der Waals surface area contributed by atoms with E-state index in [0.717, 1.165) is 0 Å². The fourth-order valence-corrected chi connectivity index (χ4v) is 1.63. The molecule has 0 aromatic heterocycles. The zero-order valence-electron chi connectivity index (χ0n) is 10.9. The van der Waals surface area contributed by atoms with Crippen LogP contribution >= 0.6 is 0 Å². The van der Waals surface area contributed by atoms with Crippen LogP contribution in [-0.4, -0.2) is 42.2 Å². The number of aliphatic hydroxyl groups is 1. The third kappa shape index (κ3) is 4.81. The van der Waals surface area contributed by atoms with Crippen LogP contribution in [0.4, 0.5) is 10.1 Å². The molecule has 0 bridgehead atoms. The lowest BCUT2D eigenvalue weighted by Gasteiger charge is -2.17. The van der Waals surface area contributed by atoms with Gasteiger partial charge in [-0.25, -0.2) is 4.39 Å². The van der Waals surface area contributed by atoms with Crippen molar-refractivity contribution in [3.8, 4) is 0 Å². The average Bonchev–Trinajstić information content (AvgIpc) is 2.21. The van der Waals surface area contributed by atoms with Gasteiger partial charge < -0.3 is 10.4 Å². The number of likely N-dealkylation sites (N-methyl/N-ethyl adjacent to an activating group) is 1. The Morgan fingerprint density at radius 2 is 2.22 bits per heavy atom. The van der Waals surface area contributed by atoms with Crippen LogP contribution in [0.3, 0.4) is 0 Å². The zero-order valence-corrected chi connectivity index (χ0v) is 10.9. The van der Waals surface area contributed by atoms with E-state index in [0.29, 0.717) is 17.8 Å². The molecule has 2 N–H and O–H groups in total. The largest absolute Gasteiger partial charge is 0.392 e. The van der Waals surface area contributed by atoms with Crippen LogP contribution in [0.25, 0.3) is 0 Å². The van der Waals surface area contributed by atoms with Crippen molar-refractivity contribution in [3.05, 3.63) is 29.6 Å². The van der Waals surface area contributed by atoms with Gasteiger partial charge in [0.2, 0.25) is 5.91 Å². The van der Waals surface area contributed by atoms with Crippen molar-refractivity contribution in [2.45, 2.75) is 20.0 Å². The van der Waals surface area contributed by atoms with Gasteiger partial charge in [0, 0.05) is 12.2 Å². The number of aliphatic hydroxyl groups excluding tert-OH is 1. The first-order valence-electron chi connectivity index (χ1n) is 5.81. The first kappa shape index (κ1) is 14.6. The lowest BCUT2D eigenvalue weighted by atomic mass is 10.2. The molecule has 4 nitrogen and oxygen atoms in total. The van der Waals surface area contributed by atoms with E-state index in [1.54, 1.807) is 37.9 Å². The summed E-state index contributed by atoms with van der Waals surface area (Å²) in [5.41, 5.74) is 0.979. The second-order valence-corrected chi connectivity index (χ2v) is 4.56. The van der Waals surface area contributed by atoms with Gasteiger partial charge in [-0.05, 0) is 38.6 Å². The molecule has 0 radical (unpaired) electrons. The van der Waals surface area contributed by atoms with Gasteiger partial charge in [-0.2, -0.15) is 0 Å². The molecule has 0 spiro atoms. The molecule has 1 aromatic carbocycles. The van der Waals surface area contributed by atoms with E-state index in [-0.39, 0.29) is 18.3 Å². The quantitative estimate of drug-likeness (QED) is 0.834. The number of nitrogens with zero attached hydrogens (tertiary/aromatic N) is 1. The van der Waals surface area contributed by atoms with E-state index in [1.807, 2.05) is 0 Å². The fraction of sp³-hybridized carbons (Fsp3) is 0.462. The molecule has 5 heteroatoms. The van der Waals surface area contributed by atoms with Crippen molar-refractivity contribution in [1.82, 2.24) is 4.90 Å². The third-order valence-corrected chi connectivity index (χ3v) is 2.45. The van der Waals surface area contributed by atoms with Crippen LogP contribution in [0.1, 0.15) is 12.5 Å². The Bertz CT molecular complexity index is 421. The van der Waals surface area contributed by atoms with Gasteiger partial charge in [-0.1, -0.05) is 6.07 Å². The molecule has 18 heavy (non-hydrogen) atoms. The molecule has 0 saturated carbocycles. The molecule has 1 aromatic rings. The Hall–Kier alpha value is -1.46. The Labute approximate surface area is 106 Å². The minimum Gasteiger partial charge on any atom is -0.392 e. The number of hydrogen-bond acceptors (Lipinski definition) is 3. The van der Waals surface area contributed by atoms with Crippen LogP contribution in [0.2, 0.25) is 0 Å². The molecule has 0 heterocycles. The summed E-state index contributed by atoms with van der Waals surface area (Å²) in [6.45, 7) is 3.89. The van der Waals surface area contributed by atoms with Crippen LogP contribution in [-0.2, 0) is 4.79 Å². The highest BCUT2D eigenvalue weighted by Gasteiger charge is 2.09. The molecule has 1 rings (SSSR count). The molecular weight excluding hydrogens is 235 g/mol. The van der Waals surface area contributed by atoms with Crippen molar-refractivity contribution in [3.63, 3.8) is 0 Å². The van der Waals surface area contributed by atoms with E-state index in [2.05, 4.69) is 5.32 Å². The number of anilines is 1. The van der Waals surface area contributed by atoms with Crippen molar-refractivity contribution in [1.29, 1.82) is 0 Å². The molecule has 0 aliphatic rings. The molecule has 0 aliphatic heterocycles. The van der Waals surface area contributed by atoms with E-state index in [4.69, 9.17) is 5.11 Å². The summed E-state index contributed by atoms with van der Waals surface area (Å²) in [6.07, 6.45) is -0.486. The molecule has 1 amide bonds. The van der Waals surface area contributed by atoms with Crippen molar-refractivity contribution in [2.24, 2.45) is 0 Å². The van der Waals surface area contributed by atoms with E-state index in [9.17, 15) is 9.18 Å². The predicted molar refractivity (Wildman–Crippen MR) is 68.9 cm³/mol. The van der Waals surface area contributed by atoms with Crippen LogP contribution in [0, 0.1) is 12.7 Å². The number of hydrogen-bond donors (Lipinski definition) is 2. The Morgan fingerprint density at radius 3 is 2.78 bits per heavy atom. The molecule has 1 unspecified atom stereocenters. The lowest BCUT2D eigenvalue weighted by molar-refractivity contribution is -0.117. The number of rotatable bonds is 5. The second kappa shape index (κ2) is 6.47. The van der Waals surface area contributed by atoms with E-state index >= 15 is 0 Å². The summed E-state index contributed by atoms with van der Waals surface area (Å²) in [4.78, 5) is 13.3. The third-order valence-electron chi connectivity index (χ3n) is 2.45. The summed E-state index contributed by atoms with van der Waals surface area (Å²) < 4.78 is 13.3. The maximum absolute atomic E-state index is 13.3. The van der Waals surface area contributed by atoms with Crippen molar-refractivity contribution >= 4 is 11.6 Å². The van der Waals surface area contributed by atoms with Crippen LogP contribution < -0.4 is 5.32 Å². The normalized spacial score (nSPS) is 12.6. The maximum Gasteiger partial charge on any atom is 0.238 e. The Morgan fingerprint density at radius 1 is 1.56 bits per heavy atom. The number of amides is 1. The molecular formula is C13H19FN2O2. The highest BCUT2D eigenvalue weighted by atomic mass is 19.1. The first-order chi connectivity index (χ1) is 8.38. The highest BCUT2D eigenvalue weighted by molar-refractivity contribution is 5.92. The lowest BCUT2D eigenvalue weighted by Crippen LogP contribution is -2.34. The average molecular weight is 254 g/mol. The number of carbonyl (C=O) groups excluding carboxylic acids is 1. The Kier molecular flexibility index (Phi) is 5.25. The van der Waals surface area contributed by atoms with Gasteiger partial charge in [0.25, 0.3) is 0 Å². The predicted octanol–water partition coefficient (Wildman–Crippen LogP) is 1.39. The molecule has 0 aliphatic carbocycles. The number of benzene rings is 1. The van der Waals surface area contributed by atoms with E-state index < -0.39 is 6.10 Å². The van der Waals surface area contributed by atoms with Crippen LogP contribution in [0.15, 0.2) is 18.2 Å². The smallest absolute Gasteiger partial charge is 0.238 e. The molecule has 1 atom stereocenters. The topological polar surface area (TPSA) is 52.6 Å². The zero-order chi connectivity index (χ0) is 13.7. The van der Waals surface area contributed by atoms with Gasteiger partial charge in [0.1, 0.15) is 5.82 Å². The van der Waals surface area contributed by atoms with Crippen molar-refractivity contribution in [2.75, 3.05) is 25.5 Å². The second-order valence-electron chi connectivity index (χ2n) is 4.56. The SMILES string of the molecule is Cc1ccc(NC(=O)CN(C)CC(C)O)cc1F. The summed E-state index contributed by atoms with van der Waals surface area (Å²) in [7, 11) is 1.74. The summed E-state index contributed by atoms with van der Waals surface area (Å²) in [5.74, 6) is -0.577. The molecule has 100 valence electrons. The molecule has 0 fully saturated rings. The number of halogens is 1. The standard InChI is InChI=1S/C13H19FN2O2/c1-9-4-5-11(6-12(9)14)15-13(18)8-16(3)7-10(2)17/h4-6,10,17H,7-8H2,1-3H3,(H,15,18). The summed E-state index contributed by atoms with van der Waals surface area (Å²) in [6, 6.07) is 4.57.